The molecule has 25 heavy (non-hydrogen) atoms. The molecule has 0 atom stereocenters. The molecular formula is C17H20N4O2S2. The maximum atomic E-state index is 11.9. The smallest absolute Gasteiger partial charge is 0.259 e. The van der Waals surface area contributed by atoms with Crippen LogP contribution in [-0.4, -0.2) is 28.8 Å². The summed E-state index contributed by atoms with van der Waals surface area (Å²) in [6.45, 7) is 2.64. The quantitative estimate of drug-likeness (QED) is 0.808. The summed E-state index contributed by atoms with van der Waals surface area (Å²) >= 11 is 2.68. The van der Waals surface area contributed by atoms with E-state index in [2.05, 4.69) is 11.3 Å². The first-order valence-electron chi connectivity index (χ1n) is 7.93. The fourth-order valence-electron chi connectivity index (χ4n) is 2.66. The van der Waals surface area contributed by atoms with Crippen molar-refractivity contribution in [2.45, 2.75) is 19.8 Å². The summed E-state index contributed by atoms with van der Waals surface area (Å²) in [4.78, 5) is 15.4. The largest absolute Gasteiger partial charge is 0.448 e. The lowest BCUT2D eigenvalue weighted by Gasteiger charge is -2.24. The van der Waals surface area contributed by atoms with Crippen LogP contribution >= 0.6 is 22.9 Å². The molecule has 0 spiro atoms. The summed E-state index contributed by atoms with van der Waals surface area (Å²) in [7, 11) is 1.90. The van der Waals surface area contributed by atoms with Gasteiger partial charge in [-0.1, -0.05) is 24.7 Å². The van der Waals surface area contributed by atoms with E-state index in [1.54, 1.807) is 12.3 Å². The molecule has 0 saturated carbocycles. The highest BCUT2D eigenvalue weighted by atomic mass is 32.1. The highest BCUT2D eigenvalue weighted by Gasteiger charge is 2.25. The van der Waals surface area contributed by atoms with Crippen LogP contribution in [-0.2, 0) is 6.42 Å². The third-order valence-corrected chi connectivity index (χ3v) is 5.77. The van der Waals surface area contributed by atoms with E-state index in [4.69, 9.17) is 16.2 Å². The number of rotatable bonds is 6. The third kappa shape index (κ3) is 3.54. The number of likely N-dealkylation sites (N-methyl/N-ethyl adjacent to an activating group) is 1. The molecule has 3 rings (SSSR count). The molecule has 1 amide bonds. The molecule has 1 aliphatic heterocycles. The molecule has 2 aromatic rings. The molecular weight excluding hydrogens is 356 g/mol. The van der Waals surface area contributed by atoms with E-state index in [0.29, 0.717) is 22.3 Å². The molecule has 0 unspecified atom stereocenters. The van der Waals surface area contributed by atoms with Gasteiger partial charge in [0.15, 0.2) is 5.06 Å². The summed E-state index contributed by atoms with van der Waals surface area (Å²) < 4.78 is 10.3. The highest BCUT2D eigenvalue weighted by Crippen LogP contribution is 2.45. The molecule has 0 bridgehead atoms. The van der Waals surface area contributed by atoms with E-state index < -0.39 is 5.91 Å². The molecule has 1 aliphatic rings. The van der Waals surface area contributed by atoms with Crippen LogP contribution in [0.15, 0.2) is 36.0 Å². The Morgan fingerprint density at radius 3 is 2.84 bits per heavy atom. The van der Waals surface area contributed by atoms with Gasteiger partial charge in [-0.05, 0) is 41.7 Å². The molecule has 0 aliphatic carbocycles. The minimum absolute atomic E-state index is 0.423. The minimum atomic E-state index is -0.423. The monoisotopic (exact) mass is 376 g/mol. The maximum absolute atomic E-state index is 11.9. The average Bonchev–Trinajstić information content (AvgIpc) is 3.19. The first kappa shape index (κ1) is 17.5. The van der Waals surface area contributed by atoms with Gasteiger partial charge in [0.05, 0.1) is 27.7 Å². The maximum Gasteiger partial charge on any atom is 0.259 e. The molecule has 132 valence electrons. The molecule has 2 aromatic heterocycles. The number of nitrogens with two attached hydrogens (primary N) is 2. The van der Waals surface area contributed by atoms with Crippen molar-refractivity contribution >= 4 is 28.8 Å². The second-order valence-corrected chi connectivity index (χ2v) is 7.56. The lowest BCUT2D eigenvalue weighted by Crippen LogP contribution is -2.29. The van der Waals surface area contributed by atoms with Crippen LogP contribution in [0.2, 0.25) is 0 Å². The number of nitrogens with zero attached hydrogens (tertiary/aromatic N) is 2. The minimum Gasteiger partial charge on any atom is -0.448 e. The van der Waals surface area contributed by atoms with Gasteiger partial charge in [-0.25, -0.2) is 4.37 Å². The van der Waals surface area contributed by atoms with Gasteiger partial charge in [0.25, 0.3) is 5.91 Å². The van der Waals surface area contributed by atoms with Gasteiger partial charge in [-0.15, -0.1) is 0 Å². The van der Waals surface area contributed by atoms with E-state index in [1.165, 1.54) is 22.9 Å². The predicted molar refractivity (Wildman–Crippen MR) is 102 cm³/mol. The first-order chi connectivity index (χ1) is 12.0. The van der Waals surface area contributed by atoms with E-state index in [0.717, 1.165) is 34.6 Å². The summed E-state index contributed by atoms with van der Waals surface area (Å²) in [5.74, 6) is 1.03. The first-order valence-corrected chi connectivity index (χ1v) is 9.52. The number of hydrogen-bond donors (Lipinski definition) is 2. The number of hydrogen-bond acceptors (Lipinski definition) is 7. The van der Waals surface area contributed by atoms with Crippen molar-refractivity contribution in [1.29, 1.82) is 0 Å². The van der Waals surface area contributed by atoms with E-state index in [-0.39, 0.29) is 0 Å². The van der Waals surface area contributed by atoms with Gasteiger partial charge in [-0.2, -0.15) is 0 Å². The van der Waals surface area contributed by atoms with Crippen molar-refractivity contribution in [2.24, 2.45) is 11.5 Å². The number of aromatic nitrogens is 1. The standard InChI is InChI=1S/C17H20N4O2S2/c1-3-4-11-14(12-7-8-20-25-12)17(24-15(11)16(19)22)23-10-5-6-13(18)21(2)9-10/h5-8H,3-4,9,18H2,1-2H3,(H2,19,22). The van der Waals surface area contributed by atoms with Gasteiger partial charge in [0.2, 0.25) is 0 Å². The van der Waals surface area contributed by atoms with Crippen molar-refractivity contribution in [1.82, 2.24) is 9.27 Å². The third-order valence-electron chi connectivity index (χ3n) is 3.88. The van der Waals surface area contributed by atoms with E-state index in [1.807, 2.05) is 24.1 Å². The number of allylic oxidation sites excluding steroid dienone is 2. The molecule has 3 heterocycles. The van der Waals surface area contributed by atoms with Crippen LogP contribution in [0.1, 0.15) is 28.6 Å². The lowest BCUT2D eigenvalue weighted by atomic mass is 10.0. The second kappa shape index (κ2) is 7.28. The molecule has 6 nitrogen and oxygen atoms in total. The fourth-order valence-corrected chi connectivity index (χ4v) is 4.49. The zero-order valence-corrected chi connectivity index (χ0v) is 15.7. The molecule has 0 saturated heterocycles. The molecule has 0 radical (unpaired) electrons. The lowest BCUT2D eigenvalue weighted by molar-refractivity contribution is 0.100. The summed E-state index contributed by atoms with van der Waals surface area (Å²) in [6.07, 6.45) is 7.08. The van der Waals surface area contributed by atoms with Crippen LogP contribution in [0.3, 0.4) is 0 Å². The molecule has 8 heteroatoms. The van der Waals surface area contributed by atoms with Crippen molar-refractivity contribution < 1.29 is 9.53 Å². The molecule has 4 N–H and O–H groups in total. The summed E-state index contributed by atoms with van der Waals surface area (Å²) in [6, 6.07) is 1.93. The fraction of sp³-hybridized carbons (Fsp3) is 0.294. The highest BCUT2D eigenvalue weighted by molar-refractivity contribution is 7.17. The van der Waals surface area contributed by atoms with E-state index >= 15 is 0 Å². The van der Waals surface area contributed by atoms with Gasteiger partial charge in [-0.3, -0.25) is 4.79 Å². The number of carbonyl (C=O) groups excluding carboxylic acids is 1. The predicted octanol–water partition coefficient (Wildman–Crippen LogP) is 2.93. The Hall–Kier alpha value is -2.32. The zero-order valence-electron chi connectivity index (χ0n) is 14.1. The normalized spacial score (nSPS) is 14.2. The van der Waals surface area contributed by atoms with Crippen LogP contribution in [0, 0.1) is 0 Å². The van der Waals surface area contributed by atoms with Crippen molar-refractivity contribution in [3.05, 3.63) is 46.4 Å². The summed E-state index contributed by atoms with van der Waals surface area (Å²) in [5.41, 5.74) is 13.3. The van der Waals surface area contributed by atoms with Crippen molar-refractivity contribution in [3.63, 3.8) is 0 Å². The van der Waals surface area contributed by atoms with Crippen molar-refractivity contribution in [2.75, 3.05) is 13.6 Å². The van der Waals surface area contributed by atoms with Gasteiger partial charge in [0, 0.05) is 13.2 Å². The van der Waals surface area contributed by atoms with E-state index in [9.17, 15) is 4.79 Å². The SMILES string of the molecule is CCCc1c(C(N)=O)sc(OC2=CC=C(N)N(C)C2)c1-c1ccns1. The number of carbonyl (C=O) groups is 1. The van der Waals surface area contributed by atoms with Crippen LogP contribution in [0.25, 0.3) is 10.4 Å². The molecule has 0 fully saturated rings. The Morgan fingerprint density at radius 1 is 1.44 bits per heavy atom. The Balaban J connectivity index is 2.06. The average molecular weight is 377 g/mol. The number of ether oxygens (including phenoxy) is 1. The molecule has 0 aromatic carbocycles. The topological polar surface area (TPSA) is 94.5 Å². The zero-order chi connectivity index (χ0) is 18.0. The number of amides is 1. The van der Waals surface area contributed by atoms with Crippen molar-refractivity contribution in [3.8, 4) is 15.5 Å². The van der Waals surface area contributed by atoms with Gasteiger partial charge in [0.1, 0.15) is 5.76 Å². The van der Waals surface area contributed by atoms with Gasteiger partial charge >= 0.3 is 0 Å². The van der Waals surface area contributed by atoms with Gasteiger partial charge < -0.3 is 21.1 Å². The Labute approximate surface area is 154 Å². The summed E-state index contributed by atoms with van der Waals surface area (Å²) in [5, 5.41) is 0.676. The van der Waals surface area contributed by atoms with Crippen LogP contribution in [0.4, 0.5) is 0 Å². The van der Waals surface area contributed by atoms with Crippen LogP contribution in [0.5, 0.6) is 5.06 Å². The Kier molecular flexibility index (Phi) is 5.10. The second-order valence-electron chi connectivity index (χ2n) is 5.75. The van der Waals surface area contributed by atoms with Crippen LogP contribution < -0.4 is 16.2 Å². The number of thiophene rings is 1. The Bertz CT molecular complexity index is 837. The number of primary amides is 1. The Morgan fingerprint density at radius 2 is 2.24 bits per heavy atom.